The normalized spacial score (nSPS) is 17.6. The molecule has 2 N–H and O–H groups in total. The fourth-order valence-corrected chi connectivity index (χ4v) is 2.81. The van der Waals surface area contributed by atoms with Crippen LogP contribution >= 0.6 is 0 Å². The van der Waals surface area contributed by atoms with Crippen molar-refractivity contribution in [1.82, 2.24) is 0 Å². The summed E-state index contributed by atoms with van der Waals surface area (Å²) >= 11 is 0. The Hall–Kier alpha value is -2.29. The van der Waals surface area contributed by atoms with Crippen LogP contribution in [0.2, 0.25) is 0 Å². The maximum absolute atomic E-state index is 12.4. The molecule has 0 fully saturated rings. The van der Waals surface area contributed by atoms with Crippen LogP contribution in [0.25, 0.3) is 0 Å². The van der Waals surface area contributed by atoms with Crippen molar-refractivity contribution in [2.24, 2.45) is 0 Å². The Balaban J connectivity index is 1.80. The zero-order chi connectivity index (χ0) is 14.8. The first kappa shape index (κ1) is 13.7. The summed E-state index contributed by atoms with van der Waals surface area (Å²) in [5.41, 5.74) is 5.58. The molecular weight excluding hydrogens is 260 g/mol. The van der Waals surface area contributed by atoms with Crippen LogP contribution in [0.1, 0.15) is 23.1 Å². The highest BCUT2D eigenvalue weighted by Crippen LogP contribution is 2.24. The van der Waals surface area contributed by atoms with E-state index in [1.54, 1.807) is 0 Å². The lowest BCUT2D eigenvalue weighted by atomic mass is 10.0. The van der Waals surface area contributed by atoms with Crippen molar-refractivity contribution in [3.05, 3.63) is 59.2 Å². The Morgan fingerprint density at radius 3 is 2.76 bits per heavy atom. The molecular formula is C18H20N2O. The van der Waals surface area contributed by atoms with Gasteiger partial charge in [0.15, 0.2) is 0 Å². The SMILES string of the molecule is Cc1ccc(NC2CCc3ccccc3NC2=O)c(C)c1. The van der Waals surface area contributed by atoms with Crippen molar-refractivity contribution >= 4 is 17.3 Å². The lowest BCUT2D eigenvalue weighted by molar-refractivity contribution is -0.116. The fourth-order valence-electron chi connectivity index (χ4n) is 2.81. The van der Waals surface area contributed by atoms with Crippen LogP contribution in [0.3, 0.4) is 0 Å². The molecule has 2 aromatic rings. The number of fused-ring (bicyclic) bond motifs is 1. The number of carbonyl (C=O) groups excluding carboxylic acids is 1. The number of benzene rings is 2. The number of nitrogens with one attached hydrogen (secondary N) is 2. The van der Waals surface area contributed by atoms with E-state index in [0.717, 1.165) is 24.2 Å². The van der Waals surface area contributed by atoms with E-state index in [1.165, 1.54) is 16.7 Å². The predicted molar refractivity (Wildman–Crippen MR) is 86.7 cm³/mol. The minimum Gasteiger partial charge on any atom is -0.373 e. The van der Waals surface area contributed by atoms with Crippen LogP contribution in [-0.4, -0.2) is 11.9 Å². The summed E-state index contributed by atoms with van der Waals surface area (Å²) in [7, 11) is 0. The Morgan fingerprint density at radius 1 is 1.14 bits per heavy atom. The lowest BCUT2D eigenvalue weighted by Gasteiger charge is -2.18. The van der Waals surface area contributed by atoms with E-state index >= 15 is 0 Å². The minimum absolute atomic E-state index is 0.0416. The Kier molecular flexibility index (Phi) is 3.65. The molecule has 1 amide bonds. The van der Waals surface area contributed by atoms with Crippen molar-refractivity contribution in [3.8, 4) is 0 Å². The number of hydrogen-bond donors (Lipinski definition) is 2. The molecule has 3 nitrogen and oxygen atoms in total. The highest BCUT2D eigenvalue weighted by molar-refractivity contribution is 5.98. The standard InChI is InChI=1S/C18H20N2O/c1-12-7-9-15(13(2)11-12)19-17-10-8-14-5-3-4-6-16(14)20-18(17)21/h3-7,9,11,17,19H,8,10H2,1-2H3,(H,20,21). The number of rotatable bonds is 2. The van der Waals surface area contributed by atoms with Gasteiger partial charge in [0.1, 0.15) is 6.04 Å². The zero-order valence-corrected chi connectivity index (χ0v) is 12.4. The van der Waals surface area contributed by atoms with Gasteiger partial charge in [-0.05, 0) is 49.9 Å². The van der Waals surface area contributed by atoms with Gasteiger partial charge in [0.2, 0.25) is 5.91 Å². The summed E-state index contributed by atoms with van der Waals surface area (Å²) in [6.07, 6.45) is 1.70. The van der Waals surface area contributed by atoms with Gasteiger partial charge in [-0.15, -0.1) is 0 Å². The fraction of sp³-hybridized carbons (Fsp3) is 0.278. The topological polar surface area (TPSA) is 41.1 Å². The molecule has 1 atom stereocenters. The quantitative estimate of drug-likeness (QED) is 0.881. The molecule has 0 saturated carbocycles. The largest absolute Gasteiger partial charge is 0.373 e. The summed E-state index contributed by atoms with van der Waals surface area (Å²) in [4.78, 5) is 12.4. The van der Waals surface area contributed by atoms with Gasteiger partial charge in [0.05, 0.1) is 0 Å². The van der Waals surface area contributed by atoms with E-state index in [-0.39, 0.29) is 11.9 Å². The monoisotopic (exact) mass is 280 g/mol. The summed E-state index contributed by atoms with van der Waals surface area (Å²) in [6, 6.07) is 14.1. The first-order valence-corrected chi connectivity index (χ1v) is 7.36. The second-order valence-electron chi connectivity index (χ2n) is 5.70. The highest BCUT2D eigenvalue weighted by atomic mass is 16.2. The van der Waals surface area contributed by atoms with Crippen LogP contribution in [0.4, 0.5) is 11.4 Å². The summed E-state index contributed by atoms with van der Waals surface area (Å²) in [5, 5.41) is 6.41. The van der Waals surface area contributed by atoms with E-state index < -0.39 is 0 Å². The summed E-state index contributed by atoms with van der Waals surface area (Å²) in [5.74, 6) is 0.0416. The van der Waals surface area contributed by atoms with Crippen LogP contribution < -0.4 is 10.6 Å². The van der Waals surface area contributed by atoms with Gasteiger partial charge in [0.25, 0.3) is 0 Å². The maximum atomic E-state index is 12.4. The number of amides is 1. The van der Waals surface area contributed by atoms with E-state index in [2.05, 4.69) is 48.7 Å². The Morgan fingerprint density at radius 2 is 1.95 bits per heavy atom. The smallest absolute Gasteiger partial charge is 0.246 e. The third-order valence-electron chi connectivity index (χ3n) is 4.01. The molecule has 0 saturated heterocycles. The third-order valence-corrected chi connectivity index (χ3v) is 4.01. The number of hydrogen-bond acceptors (Lipinski definition) is 2. The van der Waals surface area contributed by atoms with Crippen molar-refractivity contribution in [2.75, 3.05) is 10.6 Å². The van der Waals surface area contributed by atoms with Crippen LogP contribution in [-0.2, 0) is 11.2 Å². The van der Waals surface area contributed by atoms with Crippen molar-refractivity contribution in [3.63, 3.8) is 0 Å². The van der Waals surface area contributed by atoms with Crippen molar-refractivity contribution in [2.45, 2.75) is 32.7 Å². The van der Waals surface area contributed by atoms with Gasteiger partial charge in [-0.1, -0.05) is 35.9 Å². The molecule has 21 heavy (non-hydrogen) atoms. The van der Waals surface area contributed by atoms with Gasteiger partial charge >= 0.3 is 0 Å². The Labute approximate surface area is 125 Å². The number of anilines is 2. The van der Waals surface area contributed by atoms with Crippen LogP contribution in [0.5, 0.6) is 0 Å². The number of aryl methyl sites for hydroxylation is 3. The average Bonchev–Trinajstić information content (AvgIpc) is 2.61. The zero-order valence-electron chi connectivity index (χ0n) is 12.4. The molecule has 0 aromatic heterocycles. The van der Waals surface area contributed by atoms with E-state index in [0.29, 0.717) is 0 Å². The highest BCUT2D eigenvalue weighted by Gasteiger charge is 2.23. The molecule has 3 heteroatoms. The van der Waals surface area contributed by atoms with Gasteiger partial charge < -0.3 is 10.6 Å². The molecule has 0 bridgehead atoms. The van der Waals surface area contributed by atoms with Crippen LogP contribution in [0, 0.1) is 13.8 Å². The Bertz CT molecular complexity index is 679. The molecule has 108 valence electrons. The van der Waals surface area contributed by atoms with Crippen LogP contribution in [0.15, 0.2) is 42.5 Å². The van der Waals surface area contributed by atoms with Crippen molar-refractivity contribution in [1.29, 1.82) is 0 Å². The summed E-state index contributed by atoms with van der Waals surface area (Å²) in [6.45, 7) is 4.14. The number of carbonyl (C=O) groups is 1. The lowest BCUT2D eigenvalue weighted by Crippen LogP contribution is -2.33. The molecule has 0 aliphatic carbocycles. The van der Waals surface area contributed by atoms with Crippen molar-refractivity contribution < 1.29 is 4.79 Å². The summed E-state index contributed by atoms with van der Waals surface area (Å²) < 4.78 is 0. The third kappa shape index (κ3) is 2.92. The molecule has 0 spiro atoms. The van der Waals surface area contributed by atoms with Gasteiger partial charge in [-0.25, -0.2) is 0 Å². The number of para-hydroxylation sites is 1. The average molecular weight is 280 g/mol. The predicted octanol–water partition coefficient (Wildman–Crippen LogP) is 3.67. The second kappa shape index (κ2) is 5.60. The second-order valence-corrected chi connectivity index (χ2v) is 5.70. The first-order chi connectivity index (χ1) is 10.1. The van der Waals surface area contributed by atoms with E-state index in [9.17, 15) is 4.79 Å². The van der Waals surface area contributed by atoms with E-state index in [1.807, 2.05) is 18.2 Å². The minimum atomic E-state index is -0.196. The van der Waals surface area contributed by atoms with Gasteiger partial charge in [-0.3, -0.25) is 4.79 Å². The molecule has 0 radical (unpaired) electrons. The first-order valence-electron chi connectivity index (χ1n) is 7.36. The van der Waals surface area contributed by atoms with Gasteiger partial charge in [0, 0.05) is 11.4 Å². The molecule has 1 aliphatic rings. The molecule has 3 rings (SSSR count). The molecule has 1 aliphatic heterocycles. The maximum Gasteiger partial charge on any atom is 0.246 e. The molecule has 1 heterocycles. The molecule has 2 aromatic carbocycles. The molecule has 1 unspecified atom stereocenters. The van der Waals surface area contributed by atoms with E-state index in [4.69, 9.17) is 0 Å². The van der Waals surface area contributed by atoms with Gasteiger partial charge in [-0.2, -0.15) is 0 Å².